The highest BCUT2D eigenvalue weighted by Crippen LogP contribution is 2.09. The Morgan fingerprint density at radius 1 is 1.38 bits per heavy atom. The molecule has 0 saturated heterocycles. The molecule has 1 aliphatic rings. The van der Waals surface area contributed by atoms with Crippen LogP contribution in [0.5, 0.6) is 0 Å². The highest BCUT2D eigenvalue weighted by Gasteiger charge is 2.19. The molecule has 2 unspecified atom stereocenters. The normalized spacial score (nSPS) is 19.7. The molecule has 3 nitrogen and oxygen atoms in total. The van der Waals surface area contributed by atoms with Gasteiger partial charge in [0.05, 0.1) is 6.04 Å². The fourth-order valence-corrected chi connectivity index (χ4v) is 2.06. The first-order valence-corrected chi connectivity index (χ1v) is 6.35. The van der Waals surface area contributed by atoms with Gasteiger partial charge in [-0.25, -0.2) is 0 Å². The molecule has 92 valence electrons. The van der Waals surface area contributed by atoms with Crippen LogP contribution in [0.3, 0.4) is 0 Å². The van der Waals surface area contributed by atoms with Gasteiger partial charge in [-0.15, -0.1) is 0 Å². The first-order valence-electron chi connectivity index (χ1n) is 6.35. The summed E-state index contributed by atoms with van der Waals surface area (Å²) < 4.78 is 0. The second-order valence-electron chi connectivity index (χ2n) is 4.73. The SMILES string of the molecule is CCCC(C)NC(=O)C(C)NC1CC=CC1. The van der Waals surface area contributed by atoms with Gasteiger partial charge >= 0.3 is 0 Å². The topological polar surface area (TPSA) is 41.1 Å². The molecule has 0 heterocycles. The van der Waals surface area contributed by atoms with Crippen molar-refractivity contribution in [2.45, 2.75) is 64.6 Å². The number of carbonyl (C=O) groups is 1. The van der Waals surface area contributed by atoms with Crippen molar-refractivity contribution in [3.8, 4) is 0 Å². The van der Waals surface area contributed by atoms with Crippen LogP contribution in [0.2, 0.25) is 0 Å². The maximum absolute atomic E-state index is 11.8. The lowest BCUT2D eigenvalue weighted by atomic mass is 10.1. The van der Waals surface area contributed by atoms with Gasteiger partial charge in [-0.2, -0.15) is 0 Å². The van der Waals surface area contributed by atoms with Crippen molar-refractivity contribution in [1.29, 1.82) is 0 Å². The Balaban J connectivity index is 2.24. The monoisotopic (exact) mass is 224 g/mol. The summed E-state index contributed by atoms with van der Waals surface area (Å²) in [5, 5.41) is 6.38. The van der Waals surface area contributed by atoms with Crippen molar-refractivity contribution in [3.63, 3.8) is 0 Å². The van der Waals surface area contributed by atoms with E-state index in [0.29, 0.717) is 6.04 Å². The molecule has 16 heavy (non-hydrogen) atoms. The van der Waals surface area contributed by atoms with Crippen molar-refractivity contribution in [3.05, 3.63) is 12.2 Å². The zero-order chi connectivity index (χ0) is 12.0. The largest absolute Gasteiger partial charge is 0.352 e. The molecular formula is C13H24N2O. The molecule has 0 bridgehead atoms. The van der Waals surface area contributed by atoms with Crippen LogP contribution in [0.25, 0.3) is 0 Å². The maximum Gasteiger partial charge on any atom is 0.237 e. The third-order valence-corrected chi connectivity index (χ3v) is 3.00. The predicted molar refractivity (Wildman–Crippen MR) is 67.3 cm³/mol. The van der Waals surface area contributed by atoms with Gasteiger partial charge in [0.2, 0.25) is 5.91 Å². The standard InChI is InChI=1S/C13H24N2O/c1-4-7-10(2)14-13(16)11(3)15-12-8-5-6-9-12/h5-6,10-12,15H,4,7-9H2,1-3H3,(H,14,16). The molecule has 1 aliphatic carbocycles. The number of hydrogen-bond acceptors (Lipinski definition) is 2. The minimum Gasteiger partial charge on any atom is -0.352 e. The average Bonchev–Trinajstić information content (AvgIpc) is 2.70. The van der Waals surface area contributed by atoms with E-state index in [-0.39, 0.29) is 18.0 Å². The fraction of sp³-hybridized carbons (Fsp3) is 0.769. The first-order chi connectivity index (χ1) is 7.63. The van der Waals surface area contributed by atoms with Crippen molar-refractivity contribution < 1.29 is 4.79 Å². The van der Waals surface area contributed by atoms with E-state index < -0.39 is 0 Å². The molecule has 0 saturated carbocycles. The number of hydrogen-bond donors (Lipinski definition) is 2. The molecule has 0 aromatic rings. The van der Waals surface area contributed by atoms with Gasteiger partial charge in [-0.1, -0.05) is 25.5 Å². The number of nitrogens with one attached hydrogen (secondary N) is 2. The molecule has 1 rings (SSSR count). The third kappa shape index (κ3) is 4.35. The van der Waals surface area contributed by atoms with E-state index in [9.17, 15) is 4.79 Å². The Morgan fingerprint density at radius 2 is 2.00 bits per heavy atom. The smallest absolute Gasteiger partial charge is 0.237 e. The minimum atomic E-state index is -0.0933. The summed E-state index contributed by atoms with van der Waals surface area (Å²) in [4.78, 5) is 11.8. The summed E-state index contributed by atoms with van der Waals surface area (Å²) in [6, 6.07) is 0.634. The Kier molecular flexibility index (Phi) is 5.53. The van der Waals surface area contributed by atoms with Gasteiger partial charge in [0.25, 0.3) is 0 Å². The van der Waals surface area contributed by atoms with Crippen LogP contribution in [-0.4, -0.2) is 24.0 Å². The number of rotatable bonds is 6. The Labute approximate surface area is 98.7 Å². The summed E-state index contributed by atoms with van der Waals surface area (Å²) in [6.45, 7) is 6.13. The molecule has 0 fully saturated rings. The first kappa shape index (κ1) is 13.2. The van der Waals surface area contributed by atoms with Gasteiger partial charge < -0.3 is 10.6 Å². The molecule has 0 spiro atoms. The van der Waals surface area contributed by atoms with Gasteiger partial charge in [0, 0.05) is 12.1 Å². The quantitative estimate of drug-likeness (QED) is 0.677. The van der Waals surface area contributed by atoms with Gasteiger partial charge in [0.1, 0.15) is 0 Å². The maximum atomic E-state index is 11.8. The van der Waals surface area contributed by atoms with Crippen molar-refractivity contribution in [2.75, 3.05) is 0 Å². The van der Waals surface area contributed by atoms with Crippen LogP contribution in [0, 0.1) is 0 Å². The van der Waals surface area contributed by atoms with E-state index in [4.69, 9.17) is 0 Å². The second kappa shape index (κ2) is 6.69. The number of carbonyl (C=O) groups excluding carboxylic acids is 1. The van der Waals surface area contributed by atoms with E-state index in [2.05, 4.69) is 36.6 Å². The fourth-order valence-electron chi connectivity index (χ4n) is 2.06. The van der Waals surface area contributed by atoms with Crippen LogP contribution in [0.4, 0.5) is 0 Å². The summed E-state index contributed by atoms with van der Waals surface area (Å²) in [5.41, 5.74) is 0. The molecule has 1 amide bonds. The van der Waals surface area contributed by atoms with Crippen molar-refractivity contribution >= 4 is 5.91 Å². The lowest BCUT2D eigenvalue weighted by Gasteiger charge is -2.21. The Hall–Kier alpha value is -0.830. The van der Waals surface area contributed by atoms with E-state index in [1.165, 1.54) is 0 Å². The van der Waals surface area contributed by atoms with E-state index >= 15 is 0 Å². The summed E-state index contributed by atoms with van der Waals surface area (Å²) in [6.07, 6.45) is 8.58. The summed E-state index contributed by atoms with van der Waals surface area (Å²) in [7, 11) is 0. The van der Waals surface area contributed by atoms with Gasteiger partial charge in [-0.3, -0.25) is 4.79 Å². The van der Waals surface area contributed by atoms with Gasteiger partial charge in [-0.05, 0) is 33.1 Å². The molecule has 2 atom stereocenters. The molecule has 0 radical (unpaired) electrons. The van der Waals surface area contributed by atoms with Crippen LogP contribution in [0.1, 0.15) is 46.5 Å². The molecule has 0 aromatic heterocycles. The van der Waals surface area contributed by atoms with Crippen molar-refractivity contribution in [1.82, 2.24) is 10.6 Å². The van der Waals surface area contributed by atoms with Crippen molar-refractivity contribution in [2.24, 2.45) is 0 Å². The lowest BCUT2D eigenvalue weighted by molar-refractivity contribution is -0.123. The third-order valence-electron chi connectivity index (χ3n) is 3.00. The predicted octanol–water partition coefficient (Wildman–Crippen LogP) is 1.99. The van der Waals surface area contributed by atoms with E-state index in [1.807, 2.05) is 6.92 Å². The summed E-state index contributed by atoms with van der Waals surface area (Å²) >= 11 is 0. The van der Waals surface area contributed by atoms with Gasteiger partial charge in [0.15, 0.2) is 0 Å². The molecule has 3 heteroatoms. The molecule has 0 aromatic carbocycles. The highest BCUT2D eigenvalue weighted by molar-refractivity contribution is 5.81. The Morgan fingerprint density at radius 3 is 2.56 bits per heavy atom. The van der Waals surface area contributed by atoms with Crippen LogP contribution >= 0.6 is 0 Å². The highest BCUT2D eigenvalue weighted by atomic mass is 16.2. The summed E-state index contributed by atoms with van der Waals surface area (Å²) in [5.74, 6) is 0.118. The molecular weight excluding hydrogens is 200 g/mol. The lowest BCUT2D eigenvalue weighted by Crippen LogP contribution is -2.48. The van der Waals surface area contributed by atoms with Crippen LogP contribution < -0.4 is 10.6 Å². The second-order valence-corrected chi connectivity index (χ2v) is 4.73. The minimum absolute atomic E-state index is 0.0933. The molecule has 0 aliphatic heterocycles. The average molecular weight is 224 g/mol. The molecule has 2 N–H and O–H groups in total. The number of amides is 1. The van der Waals surface area contributed by atoms with Crippen LogP contribution in [-0.2, 0) is 4.79 Å². The van der Waals surface area contributed by atoms with E-state index in [0.717, 1.165) is 25.7 Å². The zero-order valence-corrected chi connectivity index (χ0v) is 10.6. The Bertz CT molecular complexity index is 242. The van der Waals surface area contributed by atoms with E-state index in [1.54, 1.807) is 0 Å². The van der Waals surface area contributed by atoms with Crippen LogP contribution in [0.15, 0.2) is 12.2 Å². The zero-order valence-electron chi connectivity index (χ0n) is 10.6.